The molecule has 1 atom stereocenters. The van der Waals surface area contributed by atoms with Crippen molar-refractivity contribution in [3.63, 3.8) is 0 Å². The maximum atomic E-state index is 11.8. The van der Waals surface area contributed by atoms with Crippen LogP contribution in [0.5, 0.6) is 0 Å². The Morgan fingerprint density at radius 1 is 1.29 bits per heavy atom. The summed E-state index contributed by atoms with van der Waals surface area (Å²) >= 11 is 0. The second-order valence-corrected chi connectivity index (χ2v) is 4.42. The van der Waals surface area contributed by atoms with Gasteiger partial charge in [0, 0.05) is 12.7 Å². The first-order chi connectivity index (χ1) is 9.93. The molecule has 0 aromatic heterocycles. The number of hydrogen-bond donors (Lipinski definition) is 3. The molecule has 2 amide bonds. The van der Waals surface area contributed by atoms with E-state index in [0.29, 0.717) is 5.56 Å². The molecular weight excluding hydrogens is 276 g/mol. The summed E-state index contributed by atoms with van der Waals surface area (Å²) in [4.78, 5) is 34.0. The number of ether oxygens (including phenoxy) is 1. The van der Waals surface area contributed by atoms with Crippen LogP contribution in [-0.2, 0) is 14.3 Å². The maximum absolute atomic E-state index is 11.8. The molecule has 0 saturated heterocycles. The number of carbonyl (C=O) groups excluding carboxylic acids is 2. The van der Waals surface area contributed by atoms with Crippen molar-refractivity contribution in [2.75, 3.05) is 20.2 Å². The predicted molar refractivity (Wildman–Crippen MR) is 75.0 cm³/mol. The maximum Gasteiger partial charge on any atom is 0.334 e. The first-order valence-corrected chi connectivity index (χ1v) is 6.31. The van der Waals surface area contributed by atoms with E-state index in [-0.39, 0.29) is 19.0 Å². The number of carbonyl (C=O) groups is 3. The van der Waals surface area contributed by atoms with E-state index in [4.69, 9.17) is 5.11 Å². The highest BCUT2D eigenvalue weighted by atomic mass is 16.5. The van der Waals surface area contributed by atoms with Crippen LogP contribution in [-0.4, -0.2) is 49.2 Å². The molecule has 7 heteroatoms. The minimum absolute atomic E-state index is 0.162. The number of nitrogens with one attached hydrogen (secondary N) is 2. The number of benzene rings is 1. The average molecular weight is 294 g/mol. The fourth-order valence-corrected chi connectivity index (χ4v) is 1.59. The molecule has 3 N–H and O–H groups in total. The average Bonchev–Trinajstić information content (AvgIpc) is 2.45. The van der Waals surface area contributed by atoms with Gasteiger partial charge in [0.1, 0.15) is 0 Å². The second-order valence-electron chi connectivity index (χ2n) is 4.42. The lowest BCUT2D eigenvalue weighted by Crippen LogP contribution is -2.42. The smallest absolute Gasteiger partial charge is 0.334 e. The molecular formula is C14H18N2O5. The molecule has 0 aliphatic rings. The summed E-state index contributed by atoms with van der Waals surface area (Å²) in [5.74, 6) is -2.02. The molecule has 0 aliphatic heterocycles. The van der Waals surface area contributed by atoms with E-state index in [1.165, 1.54) is 7.11 Å². The normalized spacial score (nSPS) is 11.5. The first-order valence-electron chi connectivity index (χ1n) is 6.31. The predicted octanol–water partition coefficient (Wildman–Crippen LogP) is -0.0594. The highest BCUT2D eigenvalue weighted by Gasteiger charge is 2.17. The SMILES string of the molecule is COC(CNC(=O)CNC(=O)c1cccc(C)c1)C(=O)O. The number of rotatable bonds is 7. The van der Waals surface area contributed by atoms with E-state index in [9.17, 15) is 14.4 Å². The zero-order valence-electron chi connectivity index (χ0n) is 11.9. The van der Waals surface area contributed by atoms with Crippen molar-refractivity contribution < 1.29 is 24.2 Å². The van der Waals surface area contributed by atoms with Crippen LogP contribution in [0.4, 0.5) is 0 Å². The van der Waals surface area contributed by atoms with Crippen molar-refractivity contribution in [1.82, 2.24) is 10.6 Å². The second kappa shape index (κ2) is 8.01. The van der Waals surface area contributed by atoms with E-state index in [1.807, 2.05) is 13.0 Å². The van der Waals surface area contributed by atoms with Crippen molar-refractivity contribution >= 4 is 17.8 Å². The monoisotopic (exact) mass is 294 g/mol. The summed E-state index contributed by atoms with van der Waals surface area (Å²) in [5.41, 5.74) is 1.40. The minimum Gasteiger partial charge on any atom is -0.479 e. The molecule has 21 heavy (non-hydrogen) atoms. The van der Waals surface area contributed by atoms with Gasteiger partial charge in [0.2, 0.25) is 5.91 Å². The van der Waals surface area contributed by atoms with Gasteiger partial charge in [0.05, 0.1) is 13.1 Å². The zero-order valence-corrected chi connectivity index (χ0v) is 11.9. The standard InChI is InChI=1S/C14H18N2O5/c1-9-4-3-5-10(6-9)13(18)16-8-12(17)15-7-11(21-2)14(19)20/h3-6,11H,7-8H2,1-2H3,(H,15,17)(H,16,18)(H,19,20). The Morgan fingerprint density at radius 3 is 2.57 bits per heavy atom. The van der Waals surface area contributed by atoms with Crippen molar-refractivity contribution in [2.45, 2.75) is 13.0 Å². The number of hydrogen-bond acceptors (Lipinski definition) is 4. The molecule has 7 nitrogen and oxygen atoms in total. The highest BCUT2D eigenvalue weighted by Crippen LogP contribution is 2.03. The molecule has 1 rings (SSSR count). The topological polar surface area (TPSA) is 105 Å². The van der Waals surface area contributed by atoms with Crippen molar-refractivity contribution in [3.05, 3.63) is 35.4 Å². The number of aryl methyl sites for hydroxylation is 1. The fraction of sp³-hybridized carbons (Fsp3) is 0.357. The molecule has 1 aromatic carbocycles. The lowest BCUT2D eigenvalue weighted by Gasteiger charge is -2.12. The molecule has 1 aromatic rings. The van der Waals surface area contributed by atoms with Crippen LogP contribution in [0.2, 0.25) is 0 Å². The minimum atomic E-state index is -1.17. The van der Waals surface area contributed by atoms with Crippen LogP contribution < -0.4 is 10.6 Å². The van der Waals surface area contributed by atoms with Gasteiger partial charge < -0.3 is 20.5 Å². The van der Waals surface area contributed by atoms with Crippen LogP contribution in [0.3, 0.4) is 0 Å². The molecule has 0 bridgehead atoms. The third kappa shape index (κ3) is 5.62. The van der Waals surface area contributed by atoms with Gasteiger partial charge in [0.25, 0.3) is 5.91 Å². The molecule has 0 radical (unpaired) electrons. The molecule has 114 valence electrons. The Kier molecular flexibility index (Phi) is 6.35. The Morgan fingerprint density at radius 2 is 2.00 bits per heavy atom. The van der Waals surface area contributed by atoms with Crippen LogP contribution in [0.25, 0.3) is 0 Å². The summed E-state index contributed by atoms with van der Waals surface area (Å²) in [6.45, 7) is 1.47. The molecule has 0 heterocycles. The van der Waals surface area contributed by atoms with Crippen LogP contribution >= 0.6 is 0 Å². The zero-order chi connectivity index (χ0) is 15.8. The van der Waals surface area contributed by atoms with Crippen LogP contribution in [0.1, 0.15) is 15.9 Å². The summed E-state index contributed by atoms with van der Waals surface area (Å²) in [6.07, 6.45) is -1.11. The van der Waals surface area contributed by atoms with Crippen molar-refractivity contribution in [3.8, 4) is 0 Å². The van der Waals surface area contributed by atoms with Gasteiger partial charge >= 0.3 is 5.97 Å². The van der Waals surface area contributed by atoms with E-state index in [2.05, 4.69) is 15.4 Å². The molecule has 0 spiro atoms. The first kappa shape index (κ1) is 16.6. The van der Waals surface area contributed by atoms with Crippen molar-refractivity contribution in [1.29, 1.82) is 0 Å². The summed E-state index contributed by atoms with van der Waals surface area (Å²) in [6, 6.07) is 6.96. The highest BCUT2D eigenvalue weighted by molar-refractivity contribution is 5.96. The Hall–Kier alpha value is -2.41. The third-order valence-electron chi connectivity index (χ3n) is 2.73. The lowest BCUT2D eigenvalue weighted by atomic mass is 10.1. The number of carboxylic acid groups (broad SMARTS) is 1. The van der Waals surface area contributed by atoms with Crippen LogP contribution in [0, 0.1) is 6.92 Å². The van der Waals surface area contributed by atoms with E-state index >= 15 is 0 Å². The largest absolute Gasteiger partial charge is 0.479 e. The van der Waals surface area contributed by atoms with Gasteiger partial charge in [-0.1, -0.05) is 17.7 Å². The van der Waals surface area contributed by atoms with Gasteiger partial charge in [0.15, 0.2) is 6.10 Å². The van der Waals surface area contributed by atoms with Gasteiger partial charge in [-0.15, -0.1) is 0 Å². The van der Waals surface area contributed by atoms with Crippen LogP contribution in [0.15, 0.2) is 24.3 Å². The number of carboxylic acids is 1. The van der Waals surface area contributed by atoms with E-state index < -0.39 is 18.0 Å². The van der Waals surface area contributed by atoms with Gasteiger partial charge in [-0.25, -0.2) is 4.79 Å². The summed E-state index contributed by atoms with van der Waals surface area (Å²) < 4.78 is 4.67. The number of aliphatic carboxylic acids is 1. The Bertz CT molecular complexity index is 530. The van der Waals surface area contributed by atoms with Gasteiger partial charge in [-0.3, -0.25) is 9.59 Å². The summed E-state index contributed by atoms with van der Waals surface area (Å²) in [7, 11) is 1.24. The fourth-order valence-electron chi connectivity index (χ4n) is 1.59. The molecule has 0 fully saturated rings. The number of amides is 2. The van der Waals surface area contributed by atoms with E-state index in [0.717, 1.165) is 5.56 Å². The molecule has 1 unspecified atom stereocenters. The third-order valence-corrected chi connectivity index (χ3v) is 2.73. The molecule has 0 saturated carbocycles. The number of methoxy groups -OCH3 is 1. The summed E-state index contributed by atoms with van der Waals surface area (Å²) in [5, 5.41) is 13.6. The molecule has 0 aliphatic carbocycles. The Balaban J connectivity index is 2.39. The van der Waals surface area contributed by atoms with Gasteiger partial charge in [-0.05, 0) is 19.1 Å². The quantitative estimate of drug-likeness (QED) is 0.653. The van der Waals surface area contributed by atoms with Gasteiger partial charge in [-0.2, -0.15) is 0 Å². The van der Waals surface area contributed by atoms with E-state index in [1.54, 1.807) is 18.2 Å². The lowest BCUT2D eigenvalue weighted by molar-refractivity contribution is -0.148. The Labute approximate surface area is 122 Å². The van der Waals surface area contributed by atoms with Crippen molar-refractivity contribution in [2.24, 2.45) is 0 Å².